The van der Waals surface area contributed by atoms with Crippen molar-refractivity contribution in [3.05, 3.63) is 29.8 Å². The lowest BCUT2D eigenvalue weighted by Gasteiger charge is -2.27. The average Bonchev–Trinajstić information content (AvgIpc) is 2.75. The Hall–Kier alpha value is -2.32. The maximum Gasteiger partial charge on any atom is 0.243 e. The number of anilines is 1. The zero-order valence-electron chi connectivity index (χ0n) is 19.0. The van der Waals surface area contributed by atoms with Crippen LogP contribution in [0.5, 0.6) is 0 Å². The van der Waals surface area contributed by atoms with Gasteiger partial charge in [0.1, 0.15) is 6.54 Å². The van der Waals surface area contributed by atoms with Crippen LogP contribution >= 0.6 is 0 Å². The topological polar surface area (TPSA) is 72.4 Å². The lowest BCUT2D eigenvalue weighted by Crippen LogP contribution is -2.46. The Morgan fingerprint density at radius 1 is 1.20 bits per heavy atom. The van der Waals surface area contributed by atoms with Gasteiger partial charge in [0.15, 0.2) is 5.96 Å². The van der Waals surface area contributed by atoms with E-state index in [1.54, 1.807) is 19.0 Å². The Morgan fingerprint density at radius 2 is 1.93 bits per heavy atom. The van der Waals surface area contributed by atoms with Crippen LogP contribution < -0.4 is 15.5 Å². The fraction of sp³-hybridized carbons (Fsp3) is 0.636. The Labute approximate surface area is 181 Å². The van der Waals surface area contributed by atoms with Crippen LogP contribution in [0.3, 0.4) is 0 Å². The molecule has 0 bridgehead atoms. The fourth-order valence-corrected chi connectivity index (χ4v) is 3.22. The molecule has 0 aromatic heterocycles. The summed E-state index contributed by atoms with van der Waals surface area (Å²) in [5, 5.41) is 6.75. The molecule has 2 rings (SSSR count). The summed E-state index contributed by atoms with van der Waals surface area (Å²) in [5.74, 6) is 0.665. The van der Waals surface area contributed by atoms with Crippen molar-refractivity contribution in [2.24, 2.45) is 4.99 Å². The highest BCUT2D eigenvalue weighted by molar-refractivity contribution is 5.84. The molecule has 1 heterocycles. The molecule has 1 amide bonds. The number of hydrogen-bond donors (Lipinski definition) is 2. The van der Waals surface area contributed by atoms with E-state index in [4.69, 9.17) is 4.74 Å². The number of likely N-dealkylation sites (N-methyl/N-ethyl adjacent to an activating group) is 2. The van der Waals surface area contributed by atoms with Crippen LogP contribution in [0, 0.1) is 6.92 Å². The molecule has 168 valence electrons. The number of hydrogen-bond acceptors (Lipinski definition) is 5. The van der Waals surface area contributed by atoms with Crippen LogP contribution in [0.25, 0.3) is 0 Å². The molecule has 1 aromatic carbocycles. The van der Waals surface area contributed by atoms with E-state index in [-0.39, 0.29) is 12.5 Å². The minimum Gasteiger partial charge on any atom is -0.379 e. The Morgan fingerprint density at radius 3 is 2.60 bits per heavy atom. The number of benzene rings is 1. The van der Waals surface area contributed by atoms with Crippen LogP contribution in [0.15, 0.2) is 29.3 Å². The number of ether oxygens (including phenoxy) is 1. The third-order valence-corrected chi connectivity index (χ3v) is 5.12. The first-order valence-electron chi connectivity index (χ1n) is 10.8. The monoisotopic (exact) mass is 418 g/mol. The molecule has 0 unspecified atom stereocenters. The number of rotatable bonds is 10. The summed E-state index contributed by atoms with van der Waals surface area (Å²) in [7, 11) is 3.50. The van der Waals surface area contributed by atoms with Gasteiger partial charge in [-0.1, -0.05) is 12.1 Å². The molecule has 1 aliphatic rings. The van der Waals surface area contributed by atoms with Crippen LogP contribution in [0.4, 0.5) is 5.69 Å². The van der Waals surface area contributed by atoms with Crippen LogP contribution in [0.2, 0.25) is 0 Å². The van der Waals surface area contributed by atoms with Crippen molar-refractivity contribution in [2.45, 2.75) is 13.8 Å². The van der Waals surface area contributed by atoms with E-state index >= 15 is 0 Å². The summed E-state index contributed by atoms with van der Waals surface area (Å²) in [6, 6.07) is 8.55. The molecule has 1 saturated heterocycles. The van der Waals surface area contributed by atoms with Gasteiger partial charge in [-0.2, -0.15) is 0 Å². The largest absolute Gasteiger partial charge is 0.379 e. The Kier molecular flexibility index (Phi) is 10.4. The summed E-state index contributed by atoms with van der Waals surface area (Å²) >= 11 is 0. The van der Waals surface area contributed by atoms with Crippen molar-refractivity contribution < 1.29 is 9.53 Å². The van der Waals surface area contributed by atoms with Crippen molar-refractivity contribution in [3.8, 4) is 0 Å². The number of aryl methyl sites for hydroxylation is 1. The standard InChI is InChI=1S/C22H38N6O2/c1-5-28(20-8-6-7-19(2)17-20)12-10-24-22(25-18-21(29)26(3)4)23-9-11-27-13-15-30-16-14-27/h6-8,17H,5,9-16,18H2,1-4H3,(H2,23,24,25). The van der Waals surface area contributed by atoms with Gasteiger partial charge in [0, 0.05) is 65.6 Å². The van der Waals surface area contributed by atoms with E-state index < -0.39 is 0 Å². The minimum absolute atomic E-state index is 0.0146. The molecule has 2 N–H and O–H groups in total. The maximum atomic E-state index is 11.9. The number of carbonyl (C=O) groups excluding carboxylic acids is 1. The third kappa shape index (κ3) is 8.59. The molecule has 8 nitrogen and oxygen atoms in total. The van der Waals surface area contributed by atoms with E-state index in [1.807, 2.05) is 0 Å². The number of aliphatic imine (C=N–C) groups is 1. The van der Waals surface area contributed by atoms with Crippen LogP contribution in [-0.2, 0) is 9.53 Å². The molecule has 30 heavy (non-hydrogen) atoms. The van der Waals surface area contributed by atoms with E-state index in [9.17, 15) is 4.79 Å². The first kappa shape index (κ1) is 24.0. The molecule has 0 radical (unpaired) electrons. The quantitative estimate of drug-likeness (QED) is 0.432. The Balaban J connectivity index is 1.87. The van der Waals surface area contributed by atoms with Crippen molar-refractivity contribution in [2.75, 3.05) is 84.6 Å². The first-order valence-corrected chi connectivity index (χ1v) is 10.8. The van der Waals surface area contributed by atoms with Gasteiger partial charge in [-0.15, -0.1) is 0 Å². The Bertz CT molecular complexity index is 673. The number of guanidine groups is 1. The molecule has 0 spiro atoms. The maximum absolute atomic E-state index is 11.9. The molecule has 1 aliphatic heterocycles. The number of morpholine rings is 1. The predicted octanol–water partition coefficient (Wildman–Crippen LogP) is 0.777. The van der Waals surface area contributed by atoms with Crippen LogP contribution in [-0.4, -0.2) is 101 Å². The second kappa shape index (κ2) is 13.1. The van der Waals surface area contributed by atoms with Gasteiger partial charge in [-0.3, -0.25) is 9.69 Å². The number of amides is 1. The SMILES string of the molecule is CCN(CCNC(=NCC(=O)N(C)C)NCCN1CCOCC1)c1cccc(C)c1. The predicted molar refractivity (Wildman–Crippen MR) is 123 cm³/mol. The molecular formula is C22H38N6O2. The van der Waals surface area contributed by atoms with Gasteiger partial charge in [0.2, 0.25) is 5.91 Å². The normalized spacial score (nSPS) is 15.0. The van der Waals surface area contributed by atoms with E-state index in [0.29, 0.717) is 5.96 Å². The lowest BCUT2D eigenvalue weighted by molar-refractivity contribution is -0.127. The average molecular weight is 419 g/mol. The molecule has 0 aliphatic carbocycles. The molecule has 1 aromatic rings. The van der Waals surface area contributed by atoms with E-state index in [1.165, 1.54) is 11.3 Å². The van der Waals surface area contributed by atoms with E-state index in [0.717, 1.165) is 59.0 Å². The van der Waals surface area contributed by atoms with Crippen molar-refractivity contribution in [1.82, 2.24) is 20.4 Å². The summed E-state index contributed by atoms with van der Waals surface area (Å²) in [6.07, 6.45) is 0. The van der Waals surface area contributed by atoms with Crippen molar-refractivity contribution in [3.63, 3.8) is 0 Å². The highest BCUT2D eigenvalue weighted by Gasteiger charge is 2.11. The summed E-state index contributed by atoms with van der Waals surface area (Å²) in [6.45, 7) is 12.1. The zero-order chi connectivity index (χ0) is 21.8. The number of carbonyl (C=O) groups is 1. The van der Waals surface area contributed by atoms with Gasteiger partial charge in [0.25, 0.3) is 0 Å². The molecule has 1 fully saturated rings. The molecule has 8 heteroatoms. The zero-order valence-corrected chi connectivity index (χ0v) is 19.0. The highest BCUT2D eigenvalue weighted by atomic mass is 16.5. The van der Waals surface area contributed by atoms with Gasteiger partial charge in [-0.05, 0) is 31.5 Å². The van der Waals surface area contributed by atoms with Gasteiger partial charge in [0.05, 0.1) is 13.2 Å². The van der Waals surface area contributed by atoms with E-state index in [2.05, 4.69) is 63.5 Å². The van der Waals surface area contributed by atoms with Crippen molar-refractivity contribution >= 4 is 17.6 Å². The second-order valence-corrected chi connectivity index (χ2v) is 7.68. The second-order valence-electron chi connectivity index (χ2n) is 7.68. The number of nitrogens with one attached hydrogen (secondary N) is 2. The third-order valence-electron chi connectivity index (χ3n) is 5.12. The van der Waals surface area contributed by atoms with Gasteiger partial charge in [-0.25, -0.2) is 4.99 Å². The smallest absolute Gasteiger partial charge is 0.243 e. The highest BCUT2D eigenvalue weighted by Crippen LogP contribution is 2.14. The minimum atomic E-state index is -0.0146. The summed E-state index contributed by atoms with van der Waals surface area (Å²) in [5.41, 5.74) is 2.48. The van der Waals surface area contributed by atoms with Gasteiger partial charge < -0.3 is 25.2 Å². The molecule has 0 atom stereocenters. The summed E-state index contributed by atoms with van der Waals surface area (Å²) < 4.78 is 5.40. The molecular weight excluding hydrogens is 380 g/mol. The molecule has 0 saturated carbocycles. The number of nitrogens with zero attached hydrogens (tertiary/aromatic N) is 4. The first-order chi connectivity index (χ1) is 14.5. The van der Waals surface area contributed by atoms with Crippen LogP contribution in [0.1, 0.15) is 12.5 Å². The van der Waals surface area contributed by atoms with Crippen molar-refractivity contribution in [1.29, 1.82) is 0 Å². The fourth-order valence-electron chi connectivity index (χ4n) is 3.22. The van der Waals surface area contributed by atoms with Gasteiger partial charge >= 0.3 is 0 Å². The summed E-state index contributed by atoms with van der Waals surface area (Å²) in [4.78, 5) is 22.7. The lowest BCUT2D eigenvalue weighted by atomic mass is 10.2.